The van der Waals surface area contributed by atoms with Crippen molar-refractivity contribution < 1.29 is 19.1 Å². The van der Waals surface area contributed by atoms with Crippen LogP contribution in [0.1, 0.15) is 21.5 Å². The Balaban J connectivity index is 1.88. The van der Waals surface area contributed by atoms with Crippen LogP contribution < -0.4 is 0 Å². The van der Waals surface area contributed by atoms with Gasteiger partial charge in [-0.3, -0.25) is 4.79 Å². The number of carbonyl (C=O) groups is 2. The van der Waals surface area contributed by atoms with Gasteiger partial charge in [-0.1, -0.05) is 62.1 Å². The number of hydrogen-bond donors (Lipinski definition) is 0. The summed E-state index contributed by atoms with van der Waals surface area (Å²) in [6.45, 7) is 6.84. The highest BCUT2D eigenvalue weighted by Gasteiger charge is 2.41. The van der Waals surface area contributed by atoms with E-state index >= 15 is 0 Å². The molecule has 2 aromatic carbocycles. The molecule has 0 unspecified atom stereocenters. The largest absolute Gasteiger partial charge is 0.465 e. The highest BCUT2D eigenvalue weighted by Crippen LogP contribution is 2.41. The van der Waals surface area contributed by atoms with Crippen LogP contribution in [0.2, 0.25) is 25.2 Å². The van der Waals surface area contributed by atoms with E-state index in [4.69, 9.17) is 9.47 Å². The highest BCUT2D eigenvalue weighted by atomic mass is 28.3. The Bertz CT molecular complexity index is 879. The minimum absolute atomic E-state index is 0.171. The maximum atomic E-state index is 12.9. The van der Waals surface area contributed by atoms with E-state index in [1.807, 2.05) is 42.5 Å². The SMILES string of the molecule is COC(=O)c1ccc(C[C@@H]2C(=O)OC(c3ccccc3)=C[C@@H]2[Si](C)(C)C)cc1. The maximum absolute atomic E-state index is 12.9. The molecule has 0 saturated heterocycles. The predicted molar refractivity (Wildman–Crippen MR) is 113 cm³/mol. The Morgan fingerprint density at radius 1 is 1.04 bits per heavy atom. The third kappa shape index (κ3) is 4.42. The number of carbonyl (C=O) groups excluding carboxylic acids is 2. The number of rotatable bonds is 5. The summed E-state index contributed by atoms with van der Waals surface area (Å²) < 4.78 is 10.5. The van der Waals surface area contributed by atoms with Gasteiger partial charge in [0.2, 0.25) is 0 Å². The Morgan fingerprint density at radius 3 is 2.25 bits per heavy atom. The summed E-state index contributed by atoms with van der Waals surface area (Å²) in [5.41, 5.74) is 2.61. The molecule has 3 rings (SSSR count). The first-order valence-electron chi connectivity index (χ1n) is 9.46. The second-order valence-corrected chi connectivity index (χ2v) is 13.6. The molecule has 28 heavy (non-hydrogen) atoms. The van der Waals surface area contributed by atoms with Crippen LogP contribution in [0.5, 0.6) is 0 Å². The zero-order valence-electron chi connectivity index (χ0n) is 16.8. The van der Waals surface area contributed by atoms with Crippen molar-refractivity contribution in [3.05, 3.63) is 77.4 Å². The van der Waals surface area contributed by atoms with Gasteiger partial charge in [-0.05, 0) is 35.7 Å². The number of hydrogen-bond acceptors (Lipinski definition) is 4. The number of methoxy groups -OCH3 is 1. The summed E-state index contributed by atoms with van der Waals surface area (Å²) >= 11 is 0. The zero-order valence-corrected chi connectivity index (χ0v) is 17.8. The number of cyclic esters (lactones) is 1. The molecule has 2 atom stereocenters. The normalized spacial score (nSPS) is 19.6. The third-order valence-corrected chi connectivity index (χ3v) is 7.74. The Hall–Kier alpha value is -2.66. The van der Waals surface area contributed by atoms with E-state index in [0.29, 0.717) is 17.7 Å². The van der Waals surface area contributed by atoms with Crippen molar-refractivity contribution in [3.8, 4) is 0 Å². The van der Waals surface area contributed by atoms with Crippen LogP contribution in [0, 0.1) is 5.92 Å². The van der Waals surface area contributed by atoms with Crippen molar-refractivity contribution in [2.24, 2.45) is 5.92 Å². The lowest BCUT2D eigenvalue weighted by atomic mass is 9.92. The van der Waals surface area contributed by atoms with Gasteiger partial charge in [0.05, 0.1) is 26.7 Å². The summed E-state index contributed by atoms with van der Waals surface area (Å²) in [5.74, 6) is -0.0942. The molecule has 146 valence electrons. The van der Waals surface area contributed by atoms with Gasteiger partial charge >= 0.3 is 11.9 Å². The fourth-order valence-electron chi connectivity index (χ4n) is 3.61. The lowest BCUT2D eigenvalue weighted by Gasteiger charge is -2.36. The van der Waals surface area contributed by atoms with Crippen molar-refractivity contribution in [1.29, 1.82) is 0 Å². The molecule has 0 fully saturated rings. The molecule has 4 nitrogen and oxygen atoms in total. The smallest absolute Gasteiger partial charge is 0.337 e. The minimum Gasteiger partial charge on any atom is -0.465 e. The van der Waals surface area contributed by atoms with Crippen LogP contribution in [0.3, 0.4) is 0 Å². The van der Waals surface area contributed by atoms with Crippen LogP contribution in [-0.4, -0.2) is 27.1 Å². The standard InChI is InChI=1S/C23H26O4Si/c1-26-22(24)18-12-10-16(11-13-18)14-19-21(28(2,3)4)15-20(27-23(19)25)17-8-6-5-7-9-17/h5-13,15,19,21H,14H2,1-4H3/t19-,21-/m0/s1. The van der Waals surface area contributed by atoms with Gasteiger partial charge in [0.25, 0.3) is 0 Å². The van der Waals surface area contributed by atoms with Gasteiger partial charge in [-0.15, -0.1) is 0 Å². The molecular weight excluding hydrogens is 368 g/mol. The van der Waals surface area contributed by atoms with Crippen molar-refractivity contribution in [3.63, 3.8) is 0 Å². The van der Waals surface area contributed by atoms with E-state index in [-0.39, 0.29) is 23.4 Å². The first kappa shape index (κ1) is 20.1. The summed E-state index contributed by atoms with van der Waals surface area (Å²) in [5, 5.41) is 0. The maximum Gasteiger partial charge on any atom is 0.337 e. The molecule has 0 N–H and O–H groups in total. The van der Waals surface area contributed by atoms with Crippen LogP contribution in [0.25, 0.3) is 5.76 Å². The zero-order chi connectivity index (χ0) is 20.3. The van der Waals surface area contributed by atoms with E-state index in [1.165, 1.54) is 7.11 Å². The summed E-state index contributed by atoms with van der Waals surface area (Å²) in [7, 11) is -0.311. The van der Waals surface area contributed by atoms with Crippen molar-refractivity contribution in [2.75, 3.05) is 7.11 Å². The Kier molecular flexibility index (Phi) is 5.84. The van der Waals surface area contributed by atoms with E-state index in [2.05, 4.69) is 25.7 Å². The van der Waals surface area contributed by atoms with E-state index in [1.54, 1.807) is 12.1 Å². The van der Waals surface area contributed by atoms with Gasteiger partial charge in [0, 0.05) is 5.56 Å². The lowest BCUT2D eigenvalue weighted by molar-refractivity contribution is -0.142. The molecule has 0 amide bonds. The van der Waals surface area contributed by atoms with Gasteiger partial charge in [-0.2, -0.15) is 0 Å². The van der Waals surface area contributed by atoms with Gasteiger partial charge < -0.3 is 9.47 Å². The van der Waals surface area contributed by atoms with Gasteiger partial charge in [0.1, 0.15) is 5.76 Å². The quantitative estimate of drug-likeness (QED) is 0.532. The average molecular weight is 395 g/mol. The molecule has 1 heterocycles. The topological polar surface area (TPSA) is 52.6 Å². The fourth-order valence-corrected chi connectivity index (χ4v) is 5.73. The van der Waals surface area contributed by atoms with Crippen molar-refractivity contribution >= 4 is 25.8 Å². The summed E-state index contributed by atoms with van der Waals surface area (Å²) in [6.07, 6.45) is 2.74. The third-order valence-electron chi connectivity index (χ3n) is 5.17. The first-order chi connectivity index (χ1) is 13.3. The molecule has 2 aromatic rings. The molecule has 0 bridgehead atoms. The second-order valence-electron chi connectivity index (χ2n) is 8.21. The monoisotopic (exact) mass is 394 g/mol. The molecule has 0 aliphatic carbocycles. The molecule has 5 heteroatoms. The van der Waals surface area contributed by atoms with Crippen LogP contribution in [-0.2, 0) is 20.7 Å². The molecule has 0 radical (unpaired) electrons. The molecule has 0 aromatic heterocycles. The molecule has 1 aliphatic rings. The van der Waals surface area contributed by atoms with E-state index in [9.17, 15) is 9.59 Å². The number of esters is 2. The lowest BCUT2D eigenvalue weighted by Crippen LogP contribution is -2.40. The van der Waals surface area contributed by atoms with Crippen molar-refractivity contribution in [1.82, 2.24) is 0 Å². The van der Waals surface area contributed by atoms with Crippen LogP contribution >= 0.6 is 0 Å². The second kappa shape index (κ2) is 8.15. The van der Waals surface area contributed by atoms with Crippen molar-refractivity contribution in [2.45, 2.75) is 31.6 Å². The first-order valence-corrected chi connectivity index (χ1v) is 13.0. The van der Waals surface area contributed by atoms with E-state index < -0.39 is 8.07 Å². The minimum atomic E-state index is -1.68. The summed E-state index contributed by atoms with van der Waals surface area (Å²) in [4.78, 5) is 24.6. The molecule has 0 spiro atoms. The van der Waals surface area contributed by atoms with Gasteiger partial charge in [-0.25, -0.2) is 4.79 Å². The number of benzene rings is 2. The summed E-state index contributed by atoms with van der Waals surface area (Å²) in [6, 6.07) is 17.0. The van der Waals surface area contributed by atoms with Crippen LogP contribution in [0.15, 0.2) is 60.7 Å². The Morgan fingerprint density at radius 2 is 1.68 bits per heavy atom. The van der Waals surface area contributed by atoms with E-state index in [0.717, 1.165) is 11.1 Å². The van der Waals surface area contributed by atoms with Crippen LogP contribution in [0.4, 0.5) is 0 Å². The Labute approximate surface area is 167 Å². The average Bonchev–Trinajstić information content (AvgIpc) is 2.69. The number of ether oxygens (including phenoxy) is 2. The van der Waals surface area contributed by atoms with Gasteiger partial charge in [0.15, 0.2) is 0 Å². The molecule has 1 aliphatic heterocycles. The molecule has 0 saturated carbocycles. The molecular formula is C23H26O4Si. The highest BCUT2D eigenvalue weighted by molar-refractivity contribution is 6.78. The number of allylic oxidation sites excluding steroid dienone is 1. The predicted octanol–water partition coefficient (Wildman–Crippen LogP) is 4.94. The fraction of sp³-hybridized carbons (Fsp3) is 0.304.